The Balaban J connectivity index is 1.59. The lowest BCUT2D eigenvalue weighted by molar-refractivity contribution is -0.120. The van der Waals surface area contributed by atoms with Gasteiger partial charge < -0.3 is 10.6 Å². The zero-order valence-electron chi connectivity index (χ0n) is 10.4. The number of carbonyl (C=O) groups excluding carboxylic acids is 1. The Labute approximate surface area is 113 Å². The van der Waals surface area contributed by atoms with Gasteiger partial charge in [-0.15, -0.1) is 0 Å². The maximum atomic E-state index is 11.5. The molecular weight excluding hydrogens is 248 g/mol. The molecule has 0 aliphatic heterocycles. The number of hydrogen-bond donors (Lipinski definition) is 2. The lowest BCUT2D eigenvalue weighted by Gasteiger charge is -2.07. The fourth-order valence-electron chi connectivity index (χ4n) is 1.81. The zero-order chi connectivity index (χ0) is 12.8. The zero-order valence-corrected chi connectivity index (χ0v) is 11.2. The van der Waals surface area contributed by atoms with Gasteiger partial charge in [-0.2, -0.15) is 0 Å². The minimum absolute atomic E-state index is 0.0581. The summed E-state index contributed by atoms with van der Waals surface area (Å²) in [6, 6.07) is 7.72. The van der Waals surface area contributed by atoms with Crippen LogP contribution in [0.1, 0.15) is 18.4 Å². The average molecular weight is 267 g/mol. The Kier molecular flexibility index (Phi) is 5.02. The van der Waals surface area contributed by atoms with Gasteiger partial charge in [0.25, 0.3) is 0 Å². The highest BCUT2D eigenvalue weighted by Gasteiger charge is 2.20. The summed E-state index contributed by atoms with van der Waals surface area (Å²) in [5.74, 6) is 0.864. The van der Waals surface area contributed by atoms with E-state index in [4.69, 9.17) is 11.6 Å². The van der Waals surface area contributed by atoms with Crippen LogP contribution in [0.2, 0.25) is 5.02 Å². The summed E-state index contributed by atoms with van der Waals surface area (Å²) in [6.45, 7) is 2.02. The molecule has 3 nitrogen and oxygen atoms in total. The summed E-state index contributed by atoms with van der Waals surface area (Å²) in [5.41, 5.74) is 1.07. The molecular formula is C14H19ClN2O. The van der Waals surface area contributed by atoms with Crippen molar-refractivity contribution >= 4 is 17.5 Å². The second kappa shape index (κ2) is 6.76. The van der Waals surface area contributed by atoms with E-state index in [2.05, 4.69) is 10.6 Å². The predicted octanol–water partition coefficient (Wildman–Crippen LogP) is 2.00. The van der Waals surface area contributed by atoms with Crippen LogP contribution >= 0.6 is 11.6 Å². The number of carbonyl (C=O) groups is 1. The van der Waals surface area contributed by atoms with Gasteiger partial charge in [-0.3, -0.25) is 4.79 Å². The van der Waals surface area contributed by atoms with Crippen molar-refractivity contribution in [1.29, 1.82) is 0 Å². The van der Waals surface area contributed by atoms with Crippen LogP contribution in [0.3, 0.4) is 0 Å². The lowest BCUT2D eigenvalue weighted by atomic mass is 10.1. The van der Waals surface area contributed by atoms with E-state index in [-0.39, 0.29) is 5.91 Å². The predicted molar refractivity (Wildman–Crippen MR) is 73.8 cm³/mol. The fraction of sp³-hybridized carbons (Fsp3) is 0.500. The molecule has 0 spiro atoms. The van der Waals surface area contributed by atoms with Crippen molar-refractivity contribution in [1.82, 2.24) is 10.6 Å². The van der Waals surface area contributed by atoms with Crippen molar-refractivity contribution in [2.75, 3.05) is 19.6 Å². The third-order valence-corrected chi connectivity index (χ3v) is 3.46. The normalized spacial score (nSPS) is 14.5. The molecule has 1 aromatic rings. The molecule has 0 heterocycles. The van der Waals surface area contributed by atoms with Gasteiger partial charge in [0.1, 0.15) is 0 Å². The van der Waals surface area contributed by atoms with Crippen LogP contribution < -0.4 is 10.6 Å². The van der Waals surface area contributed by atoms with Crippen LogP contribution in [0.5, 0.6) is 0 Å². The first-order valence-corrected chi connectivity index (χ1v) is 6.84. The van der Waals surface area contributed by atoms with E-state index in [1.54, 1.807) is 0 Å². The molecule has 0 unspecified atom stereocenters. The van der Waals surface area contributed by atoms with Crippen LogP contribution in [0, 0.1) is 5.92 Å². The van der Waals surface area contributed by atoms with Gasteiger partial charge in [-0.1, -0.05) is 29.8 Å². The first-order valence-electron chi connectivity index (χ1n) is 6.46. The molecule has 1 fully saturated rings. The Morgan fingerprint density at radius 3 is 2.83 bits per heavy atom. The Morgan fingerprint density at radius 2 is 2.11 bits per heavy atom. The number of rotatable bonds is 7. The number of benzene rings is 1. The molecule has 18 heavy (non-hydrogen) atoms. The summed E-state index contributed by atoms with van der Waals surface area (Å²) in [4.78, 5) is 11.5. The summed E-state index contributed by atoms with van der Waals surface area (Å²) in [6.07, 6.45) is 3.39. The van der Waals surface area contributed by atoms with Crippen molar-refractivity contribution < 1.29 is 4.79 Å². The van der Waals surface area contributed by atoms with E-state index < -0.39 is 0 Å². The molecule has 2 N–H and O–H groups in total. The molecule has 4 heteroatoms. The van der Waals surface area contributed by atoms with Gasteiger partial charge in [-0.25, -0.2) is 0 Å². The van der Waals surface area contributed by atoms with Gasteiger partial charge >= 0.3 is 0 Å². The third kappa shape index (κ3) is 4.67. The van der Waals surface area contributed by atoms with Gasteiger partial charge in [0, 0.05) is 11.6 Å². The standard InChI is InChI=1S/C14H19ClN2O/c15-13-4-2-1-3-12(13)7-8-17-14(18)10-16-9-11-5-6-11/h1-4,11,16H,5-10H2,(H,17,18). The fourth-order valence-corrected chi connectivity index (χ4v) is 2.04. The van der Waals surface area contributed by atoms with E-state index in [1.165, 1.54) is 12.8 Å². The van der Waals surface area contributed by atoms with E-state index in [0.29, 0.717) is 13.1 Å². The molecule has 1 aliphatic carbocycles. The molecule has 98 valence electrons. The Hall–Kier alpha value is -1.06. The molecule has 0 saturated heterocycles. The van der Waals surface area contributed by atoms with Crippen LogP contribution in [0.15, 0.2) is 24.3 Å². The third-order valence-electron chi connectivity index (χ3n) is 3.09. The van der Waals surface area contributed by atoms with Crippen molar-refractivity contribution in [3.8, 4) is 0 Å². The Bertz CT molecular complexity index is 405. The maximum absolute atomic E-state index is 11.5. The molecule has 0 atom stereocenters. The van der Waals surface area contributed by atoms with Gasteiger partial charge in [-0.05, 0) is 43.4 Å². The maximum Gasteiger partial charge on any atom is 0.233 e. The lowest BCUT2D eigenvalue weighted by Crippen LogP contribution is -2.35. The molecule has 0 radical (unpaired) electrons. The van der Waals surface area contributed by atoms with Crippen molar-refractivity contribution in [3.05, 3.63) is 34.9 Å². The molecule has 0 aromatic heterocycles. The monoisotopic (exact) mass is 266 g/mol. The Morgan fingerprint density at radius 1 is 1.33 bits per heavy atom. The average Bonchev–Trinajstić information content (AvgIpc) is 3.16. The van der Waals surface area contributed by atoms with Crippen molar-refractivity contribution in [2.24, 2.45) is 5.92 Å². The van der Waals surface area contributed by atoms with Gasteiger partial charge in [0.2, 0.25) is 5.91 Å². The first kappa shape index (κ1) is 13.4. The summed E-state index contributed by atoms with van der Waals surface area (Å²) in [5, 5.41) is 6.82. The molecule has 1 saturated carbocycles. The minimum Gasteiger partial charge on any atom is -0.355 e. The van der Waals surface area contributed by atoms with E-state index >= 15 is 0 Å². The largest absolute Gasteiger partial charge is 0.355 e. The summed E-state index contributed by atoms with van der Waals surface area (Å²) in [7, 11) is 0. The molecule has 1 amide bonds. The van der Waals surface area contributed by atoms with Crippen molar-refractivity contribution in [3.63, 3.8) is 0 Å². The van der Waals surface area contributed by atoms with Gasteiger partial charge in [0.15, 0.2) is 0 Å². The van der Waals surface area contributed by atoms with E-state index in [9.17, 15) is 4.79 Å². The first-order chi connectivity index (χ1) is 8.75. The van der Waals surface area contributed by atoms with Crippen LogP contribution in [-0.4, -0.2) is 25.5 Å². The quantitative estimate of drug-likeness (QED) is 0.793. The number of hydrogen-bond acceptors (Lipinski definition) is 2. The number of halogens is 1. The summed E-state index contributed by atoms with van der Waals surface area (Å²) >= 11 is 6.04. The minimum atomic E-state index is 0.0581. The SMILES string of the molecule is O=C(CNCC1CC1)NCCc1ccccc1Cl. The topological polar surface area (TPSA) is 41.1 Å². The van der Waals surface area contributed by atoms with Gasteiger partial charge in [0.05, 0.1) is 6.54 Å². The smallest absolute Gasteiger partial charge is 0.233 e. The highest BCUT2D eigenvalue weighted by atomic mass is 35.5. The van der Waals surface area contributed by atoms with E-state index in [0.717, 1.165) is 29.5 Å². The molecule has 1 aromatic carbocycles. The number of amides is 1. The second-order valence-electron chi connectivity index (χ2n) is 4.77. The number of nitrogens with one attached hydrogen (secondary N) is 2. The van der Waals surface area contributed by atoms with Crippen LogP contribution in [0.4, 0.5) is 0 Å². The highest BCUT2D eigenvalue weighted by Crippen LogP contribution is 2.27. The van der Waals surface area contributed by atoms with Crippen molar-refractivity contribution in [2.45, 2.75) is 19.3 Å². The van der Waals surface area contributed by atoms with Crippen LogP contribution in [0.25, 0.3) is 0 Å². The molecule has 0 bridgehead atoms. The second-order valence-corrected chi connectivity index (χ2v) is 5.17. The summed E-state index contributed by atoms with van der Waals surface area (Å²) < 4.78 is 0. The van der Waals surface area contributed by atoms with Crippen LogP contribution in [-0.2, 0) is 11.2 Å². The molecule has 1 aliphatic rings. The molecule has 2 rings (SSSR count). The van der Waals surface area contributed by atoms with E-state index in [1.807, 2.05) is 24.3 Å². The highest BCUT2D eigenvalue weighted by molar-refractivity contribution is 6.31.